The summed E-state index contributed by atoms with van der Waals surface area (Å²) in [6.45, 7) is 4.13. The Kier molecular flexibility index (Phi) is 2.33. The molecule has 0 unspecified atom stereocenters. The molecule has 5 heteroatoms. The third kappa shape index (κ3) is 1.64. The Labute approximate surface area is 104 Å². The van der Waals surface area contributed by atoms with E-state index in [9.17, 15) is 0 Å². The van der Waals surface area contributed by atoms with E-state index in [-0.39, 0.29) is 11.9 Å². The van der Waals surface area contributed by atoms with Crippen LogP contribution in [0.2, 0.25) is 0 Å². The van der Waals surface area contributed by atoms with Crippen molar-refractivity contribution in [3.05, 3.63) is 30.2 Å². The first-order valence-corrected chi connectivity index (χ1v) is 5.85. The molecule has 0 spiro atoms. The van der Waals surface area contributed by atoms with Crippen molar-refractivity contribution in [2.75, 3.05) is 5.73 Å². The summed E-state index contributed by atoms with van der Waals surface area (Å²) in [5.41, 5.74) is 9.39. The van der Waals surface area contributed by atoms with Gasteiger partial charge >= 0.3 is 0 Å². The molecule has 92 valence electrons. The van der Waals surface area contributed by atoms with Crippen LogP contribution in [0.15, 0.2) is 28.9 Å². The number of nitrogens with one attached hydrogen (secondary N) is 1. The number of nitrogen functional groups attached to an aromatic ring is 1. The molecule has 0 aliphatic carbocycles. The summed E-state index contributed by atoms with van der Waals surface area (Å²) in [6, 6.07) is 6.12. The van der Waals surface area contributed by atoms with Crippen LogP contribution in [0.4, 0.5) is 6.01 Å². The molecule has 0 saturated heterocycles. The van der Waals surface area contributed by atoms with Gasteiger partial charge in [-0.05, 0) is 24.1 Å². The highest BCUT2D eigenvalue weighted by Gasteiger charge is 2.17. The zero-order chi connectivity index (χ0) is 12.7. The summed E-state index contributed by atoms with van der Waals surface area (Å²) in [6.07, 6.45) is 1.67. The first kappa shape index (κ1) is 10.8. The van der Waals surface area contributed by atoms with Crippen molar-refractivity contribution in [2.24, 2.45) is 0 Å². The van der Waals surface area contributed by atoms with Gasteiger partial charge in [-0.15, -0.1) is 0 Å². The number of imidazole rings is 1. The zero-order valence-corrected chi connectivity index (χ0v) is 10.3. The van der Waals surface area contributed by atoms with Gasteiger partial charge in [0, 0.05) is 5.56 Å². The molecule has 2 heterocycles. The number of H-pyrrole nitrogens is 1. The summed E-state index contributed by atoms with van der Waals surface area (Å²) in [5, 5.41) is 0. The van der Waals surface area contributed by atoms with Gasteiger partial charge in [0.1, 0.15) is 0 Å². The lowest BCUT2D eigenvalue weighted by atomic mass is 10.0. The van der Waals surface area contributed by atoms with Gasteiger partial charge in [-0.3, -0.25) is 0 Å². The first-order valence-electron chi connectivity index (χ1n) is 5.85. The average Bonchev–Trinajstić information content (AvgIpc) is 2.93. The predicted molar refractivity (Wildman–Crippen MR) is 70.1 cm³/mol. The summed E-state index contributed by atoms with van der Waals surface area (Å²) in [4.78, 5) is 11.5. The Morgan fingerprint density at radius 2 is 2.17 bits per heavy atom. The number of hydrogen-bond donors (Lipinski definition) is 2. The van der Waals surface area contributed by atoms with Gasteiger partial charge in [-0.2, -0.15) is 4.98 Å². The number of nitrogens with two attached hydrogens (primary N) is 1. The Bertz CT molecular complexity index is 696. The van der Waals surface area contributed by atoms with E-state index in [0.717, 1.165) is 28.1 Å². The van der Waals surface area contributed by atoms with Gasteiger partial charge in [-0.25, -0.2) is 4.98 Å². The fourth-order valence-corrected chi connectivity index (χ4v) is 2.02. The average molecular weight is 242 g/mol. The van der Waals surface area contributed by atoms with Gasteiger partial charge in [0.25, 0.3) is 6.01 Å². The van der Waals surface area contributed by atoms with Crippen LogP contribution in [-0.2, 0) is 0 Å². The number of rotatable bonds is 2. The maximum Gasteiger partial charge on any atom is 0.292 e. The molecule has 0 aliphatic heterocycles. The first-order chi connectivity index (χ1) is 8.65. The molecule has 3 rings (SSSR count). The van der Waals surface area contributed by atoms with Crippen LogP contribution in [0.1, 0.15) is 25.5 Å². The second-order valence-electron chi connectivity index (χ2n) is 4.56. The Hall–Kier alpha value is -2.30. The van der Waals surface area contributed by atoms with E-state index >= 15 is 0 Å². The van der Waals surface area contributed by atoms with Gasteiger partial charge in [0.2, 0.25) is 0 Å². The standard InChI is InChI=1S/C13H14N4O/c1-7(2)11-12(18-13(14)17-11)8-3-4-9-10(5-8)16-6-15-9/h3-7H,1-2H3,(H2,14,17)(H,15,16). The minimum Gasteiger partial charge on any atom is -0.423 e. The largest absolute Gasteiger partial charge is 0.423 e. The molecule has 0 saturated carbocycles. The molecule has 1 aromatic carbocycles. The quantitative estimate of drug-likeness (QED) is 0.724. The predicted octanol–water partition coefficient (Wildman–Crippen LogP) is 2.92. The normalized spacial score (nSPS) is 11.5. The van der Waals surface area contributed by atoms with E-state index in [1.54, 1.807) is 6.33 Å². The smallest absolute Gasteiger partial charge is 0.292 e. The molecule has 0 aliphatic rings. The Balaban J connectivity index is 2.18. The summed E-state index contributed by atoms with van der Waals surface area (Å²) in [7, 11) is 0. The third-order valence-corrected chi connectivity index (χ3v) is 2.90. The molecule has 3 aromatic rings. The summed E-state index contributed by atoms with van der Waals surface area (Å²) in [5.74, 6) is 0.998. The lowest BCUT2D eigenvalue weighted by Gasteiger charge is -2.03. The number of oxazole rings is 1. The topological polar surface area (TPSA) is 80.7 Å². The second kappa shape index (κ2) is 3.87. The zero-order valence-electron chi connectivity index (χ0n) is 10.3. The highest BCUT2D eigenvalue weighted by Crippen LogP contribution is 2.31. The molecule has 0 atom stereocenters. The van der Waals surface area contributed by atoms with Gasteiger partial charge in [0.05, 0.1) is 23.1 Å². The van der Waals surface area contributed by atoms with Gasteiger partial charge in [-0.1, -0.05) is 13.8 Å². The van der Waals surface area contributed by atoms with Crippen molar-refractivity contribution in [3.63, 3.8) is 0 Å². The Morgan fingerprint density at radius 3 is 2.94 bits per heavy atom. The Morgan fingerprint density at radius 1 is 1.33 bits per heavy atom. The number of fused-ring (bicyclic) bond motifs is 1. The number of aromatic nitrogens is 3. The van der Waals surface area contributed by atoms with Crippen LogP contribution in [0.5, 0.6) is 0 Å². The van der Waals surface area contributed by atoms with Crippen molar-refractivity contribution in [3.8, 4) is 11.3 Å². The minimum absolute atomic E-state index is 0.207. The van der Waals surface area contributed by atoms with Crippen molar-refractivity contribution < 1.29 is 4.42 Å². The number of benzene rings is 1. The van der Waals surface area contributed by atoms with E-state index < -0.39 is 0 Å². The highest BCUT2D eigenvalue weighted by atomic mass is 16.4. The molecule has 0 bridgehead atoms. The lowest BCUT2D eigenvalue weighted by Crippen LogP contribution is -1.91. The molecular weight excluding hydrogens is 228 g/mol. The van der Waals surface area contributed by atoms with E-state index in [1.165, 1.54) is 0 Å². The van der Waals surface area contributed by atoms with Crippen molar-refractivity contribution in [1.29, 1.82) is 0 Å². The number of aromatic amines is 1. The fraction of sp³-hybridized carbons (Fsp3) is 0.231. The molecule has 2 aromatic heterocycles. The van der Waals surface area contributed by atoms with Gasteiger partial charge < -0.3 is 15.1 Å². The maximum atomic E-state index is 5.65. The van der Waals surface area contributed by atoms with E-state index in [2.05, 4.69) is 28.8 Å². The monoisotopic (exact) mass is 242 g/mol. The second-order valence-corrected chi connectivity index (χ2v) is 4.56. The van der Waals surface area contributed by atoms with E-state index in [4.69, 9.17) is 10.2 Å². The van der Waals surface area contributed by atoms with Crippen LogP contribution >= 0.6 is 0 Å². The SMILES string of the molecule is CC(C)c1nc(N)oc1-c1ccc2nc[nH]c2c1. The fourth-order valence-electron chi connectivity index (χ4n) is 2.02. The third-order valence-electron chi connectivity index (χ3n) is 2.90. The number of nitrogens with zero attached hydrogens (tertiary/aromatic N) is 2. The maximum absolute atomic E-state index is 5.65. The minimum atomic E-state index is 0.207. The molecule has 0 fully saturated rings. The summed E-state index contributed by atoms with van der Waals surface area (Å²) < 4.78 is 5.52. The van der Waals surface area contributed by atoms with Crippen LogP contribution in [0, 0.1) is 0 Å². The molecule has 3 N–H and O–H groups in total. The van der Waals surface area contributed by atoms with Crippen LogP contribution in [-0.4, -0.2) is 15.0 Å². The van der Waals surface area contributed by atoms with Crippen LogP contribution < -0.4 is 5.73 Å². The molecule has 0 radical (unpaired) electrons. The lowest BCUT2D eigenvalue weighted by molar-refractivity contribution is 0.592. The van der Waals surface area contributed by atoms with Crippen LogP contribution in [0.25, 0.3) is 22.4 Å². The highest BCUT2D eigenvalue weighted by molar-refractivity contribution is 5.80. The molecule has 0 amide bonds. The van der Waals surface area contributed by atoms with Crippen molar-refractivity contribution in [2.45, 2.75) is 19.8 Å². The molecule has 18 heavy (non-hydrogen) atoms. The number of hydrogen-bond acceptors (Lipinski definition) is 4. The van der Waals surface area contributed by atoms with E-state index in [1.807, 2.05) is 18.2 Å². The van der Waals surface area contributed by atoms with E-state index in [0.29, 0.717) is 0 Å². The van der Waals surface area contributed by atoms with Crippen molar-refractivity contribution >= 4 is 17.0 Å². The van der Waals surface area contributed by atoms with Gasteiger partial charge in [0.15, 0.2) is 5.76 Å². The van der Waals surface area contributed by atoms with Crippen molar-refractivity contribution in [1.82, 2.24) is 15.0 Å². The number of anilines is 1. The van der Waals surface area contributed by atoms with Crippen LogP contribution in [0.3, 0.4) is 0 Å². The summed E-state index contributed by atoms with van der Waals surface area (Å²) >= 11 is 0. The molecule has 5 nitrogen and oxygen atoms in total. The molecular formula is C13H14N4O.